The summed E-state index contributed by atoms with van der Waals surface area (Å²) < 4.78 is 35.5. The number of aliphatic hydroxyl groups excluding tert-OH is 1. The summed E-state index contributed by atoms with van der Waals surface area (Å²) >= 11 is 1.58. The van der Waals surface area contributed by atoms with Crippen molar-refractivity contribution in [2.45, 2.75) is 121 Å². The smallest absolute Gasteiger partial charge is 0.409 e. The van der Waals surface area contributed by atoms with Crippen LogP contribution < -0.4 is 25.2 Å². The Morgan fingerprint density at radius 3 is 2.38 bits per heavy atom. The topological polar surface area (TPSA) is 228 Å². The fraction of sp³-hybridized carbons (Fsp3) is 0.484. The van der Waals surface area contributed by atoms with Crippen molar-refractivity contribution in [1.29, 1.82) is 0 Å². The minimum absolute atomic E-state index is 0.0168. The number of pyridine rings is 1. The van der Waals surface area contributed by atoms with Gasteiger partial charge in [-0.3, -0.25) is 19.5 Å². The predicted molar refractivity (Wildman–Crippen MR) is 318 cm³/mol. The number of β-amino-alcohol motifs (C(OH)–C–C–N with tert-alkyl or cyclic N) is 1. The van der Waals surface area contributed by atoms with Crippen LogP contribution in [0.5, 0.6) is 11.8 Å². The van der Waals surface area contributed by atoms with Crippen LogP contribution in [-0.2, 0) is 20.7 Å². The van der Waals surface area contributed by atoms with Crippen LogP contribution in [0.15, 0.2) is 76.9 Å². The largest absolute Gasteiger partial charge is 0.508 e. The molecule has 0 saturated carbocycles. The quantitative estimate of drug-likeness (QED) is 0.0719. The lowest BCUT2D eigenvalue weighted by Gasteiger charge is -2.34. The van der Waals surface area contributed by atoms with Gasteiger partial charge in [0.2, 0.25) is 11.8 Å². The number of aromatic nitrogens is 5. The van der Waals surface area contributed by atoms with Crippen LogP contribution in [0.4, 0.5) is 20.8 Å². The molecule has 5 aliphatic rings. The Balaban J connectivity index is 0.651. The summed E-state index contributed by atoms with van der Waals surface area (Å²) in [5, 5.41) is 34.9. The number of piperazine rings is 2. The highest BCUT2D eigenvalue weighted by atomic mass is 32.1. The minimum atomic E-state index is -0.866. The number of halogens is 1. The van der Waals surface area contributed by atoms with Crippen molar-refractivity contribution < 1.29 is 43.0 Å². The molecular formula is C62H73FN12O8S. The van der Waals surface area contributed by atoms with Gasteiger partial charge in [0, 0.05) is 94.2 Å². The molecule has 9 heterocycles. The first-order valence-electron chi connectivity index (χ1n) is 29.5. The lowest BCUT2D eigenvalue weighted by atomic mass is 9.91. The number of hydrogen-bond donors (Lipinski definition) is 4. The maximum atomic E-state index is 17.2. The van der Waals surface area contributed by atoms with Crippen molar-refractivity contribution in [2.24, 2.45) is 5.92 Å². The average Bonchev–Trinajstić information content (AvgIpc) is 1.50. The Morgan fingerprint density at radius 1 is 0.917 bits per heavy atom. The van der Waals surface area contributed by atoms with Crippen molar-refractivity contribution in [3.63, 3.8) is 0 Å². The van der Waals surface area contributed by atoms with Crippen LogP contribution in [0.1, 0.15) is 94.3 Å². The number of rotatable bonds is 16. The molecule has 8 atom stereocenters. The van der Waals surface area contributed by atoms with Gasteiger partial charge in [0.25, 0.3) is 0 Å². The van der Waals surface area contributed by atoms with Gasteiger partial charge in [0.15, 0.2) is 17.4 Å². The number of carbonyl (C=O) groups is 3. The Bertz CT molecular complexity index is 3560. The second-order valence-corrected chi connectivity index (χ2v) is 24.5. The predicted octanol–water partition coefficient (Wildman–Crippen LogP) is 7.99. The number of aromatic hydroxyl groups is 1. The van der Waals surface area contributed by atoms with Gasteiger partial charge in [0.1, 0.15) is 48.0 Å². The number of thiazole rings is 1. The summed E-state index contributed by atoms with van der Waals surface area (Å²) in [5.74, 6) is -0.745. The highest BCUT2D eigenvalue weighted by Gasteiger charge is 2.44. The third-order valence-electron chi connectivity index (χ3n) is 17.9. The number of ether oxygens (including phenoxy) is 2. The average molecular weight is 1170 g/mol. The number of phenols is 1. The number of aliphatic hydroxyl groups is 1. The number of likely N-dealkylation sites (tertiary alicyclic amines) is 2. The first-order valence-corrected chi connectivity index (χ1v) is 30.4. The maximum absolute atomic E-state index is 17.2. The molecule has 4 aromatic heterocycles. The van der Waals surface area contributed by atoms with Crippen molar-refractivity contribution in [3.05, 3.63) is 101 Å². The SMILES string of the molecule is CCc1cccc2cc(O)cc(-c3ncc4c(N5CC6CCC(C5)N6)nc(OC[C@@H]5CC[C@@H](COC(=O)N6CCN(c7cc([C@H](C(=O)N8C[C@H](O)C[C@H]8C(=O)N[C@@H](C)c8ccc(-c9scnc9C)cc8)C(C)C)on7)CC6)N5C)nc4c3F)c12. The Morgan fingerprint density at radius 2 is 1.67 bits per heavy atom. The van der Waals surface area contributed by atoms with Crippen LogP contribution in [-0.4, -0.2) is 170 Å². The summed E-state index contributed by atoms with van der Waals surface area (Å²) in [6, 6.07) is 18.2. The van der Waals surface area contributed by atoms with E-state index in [0.29, 0.717) is 86.1 Å². The molecule has 12 rings (SSSR count). The second-order valence-electron chi connectivity index (χ2n) is 23.7. The monoisotopic (exact) mass is 1160 g/mol. The van der Waals surface area contributed by atoms with Gasteiger partial charge in [-0.05, 0) is 98.5 Å². The van der Waals surface area contributed by atoms with E-state index in [4.69, 9.17) is 28.9 Å². The molecule has 0 radical (unpaired) electrons. The standard InChI is InChI=1S/C62H73FN12O8S/c1-7-37-9-8-10-40-23-45(76)24-47(53(37)40)55-54(63)56-48(27-64-55)58(74-28-41-15-16-42(29-74)67-41)69-61(68-56)81-31-43-17-18-44(71(43)6)32-82-62(80)73-21-19-72(20-22-73)51-26-50(83-70-51)52(34(2)3)60(79)75-30-46(77)25-49(75)59(78)66-35(4)38-11-13-39(14-12-38)57-36(5)65-33-84-57/h8-14,23-24,26-27,33-35,41-44,46,49,52,67,76-77H,7,15-22,25,28-32H2,1-6H3,(H,66,78)/t35-,41?,42?,43-,44-,46+,49-,52+/m0/s1. The summed E-state index contributed by atoms with van der Waals surface area (Å²) in [6.45, 7) is 13.3. The van der Waals surface area contributed by atoms with Gasteiger partial charge in [0.05, 0.1) is 33.6 Å². The van der Waals surface area contributed by atoms with Gasteiger partial charge >= 0.3 is 12.1 Å². The number of fused-ring (bicyclic) bond motifs is 4. The van der Waals surface area contributed by atoms with Gasteiger partial charge in [-0.1, -0.05) is 68.4 Å². The molecule has 5 fully saturated rings. The Labute approximate surface area is 491 Å². The summed E-state index contributed by atoms with van der Waals surface area (Å²) in [6.07, 6.45) is 4.86. The zero-order valence-corrected chi connectivity index (χ0v) is 49.1. The van der Waals surface area contributed by atoms with Crippen molar-refractivity contribution in [1.82, 2.24) is 50.4 Å². The van der Waals surface area contributed by atoms with Crippen LogP contribution in [0.25, 0.3) is 43.4 Å². The highest BCUT2D eigenvalue weighted by Crippen LogP contribution is 2.40. The van der Waals surface area contributed by atoms with E-state index in [1.54, 1.807) is 40.6 Å². The molecule has 0 spiro atoms. The fourth-order valence-corrected chi connectivity index (χ4v) is 14.0. The molecule has 2 unspecified atom stereocenters. The number of carbonyl (C=O) groups excluding carboxylic acids is 3. The number of hydrogen-bond acceptors (Lipinski definition) is 18. The zero-order chi connectivity index (χ0) is 58.5. The molecule has 22 heteroatoms. The van der Waals surface area contributed by atoms with Gasteiger partial charge in [-0.2, -0.15) is 9.97 Å². The van der Waals surface area contributed by atoms with E-state index in [2.05, 4.69) is 30.6 Å². The fourth-order valence-electron chi connectivity index (χ4n) is 13.2. The van der Waals surface area contributed by atoms with E-state index in [1.165, 1.54) is 4.90 Å². The molecule has 7 aromatic rings. The number of nitrogens with zero attached hydrogens (tertiary/aromatic N) is 10. The summed E-state index contributed by atoms with van der Waals surface area (Å²) in [5.41, 5.74) is 6.45. The molecule has 3 aromatic carbocycles. The number of likely N-dealkylation sites (N-methyl/N-ethyl adjacent to an activating group) is 1. The first kappa shape index (κ1) is 56.9. The van der Waals surface area contributed by atoms with Crippen LogP contribution in [0.2, 0.25) is 0 Å². The van der Waals surface area contributed by atoms with E-state index in [9.17, 15) is 24.6 Å². The van der Waals surface area contributed by atoms with Crippen LogP contribution in [0, 0.1) is 18.7 Å². The number of amides is 3. The second kappa shape index (κ2) is 23.9. The minimum Gasteiger partial charge on any atom is -0.508 e. The Kier molecular flexibility index (Phi) is 16.2. The lowest BCUT2D eigenvalue weighted by Crippen LogP contribution is -2.51. The molecule has 442 valence electrons. The molecular weight excluding hydrogens is 1090 g/mol. The number of nitrogens with one attached hydrogen (secondary N) is 2. The molecule has 5 saturated heterocycles. The third kappa shape index (κ3) is 11.3. The van der Waals surface area contributed by atoms with E-state index in [0.717, 1.165) is 63.7 Å². The molecule has 20 nitrogen and oxygen atoms in total. The summed E-state index contributed by atoms with van der Waals surface area (Å²) in [4.78, 5) is 71.2. The van der Waals surface area contributed by atoms with E-state index < -0.39 is 30.0 Å². The number of aryl methyl sites for hydroxylation is 2. The van der Waals surface area contributed by atoms with Gasteiger partial charge in [-0.15, -0.1) is 11.3 Å². The van der Waals surface area contributed by atoms with Crippen LogP contribution >= 0.6 is 11.3 Å². The lowest BCUT2D eigenvalue weighted by molar-refractivity contribution is -0.141. The summed E-state index contributed by atoms with van der Waals surface area (Å²) in [7, 11) is 1.99. The van der Waals surface area contributed by atoms with E-state index in [-0.39, 0.29) is 85.0 Å². The third-order valence-corrected chi connectivity index (χ3v) is 18.9. The molecule has 84 heavy (non-hydrogen) atoms. The molecule has 2 bridgehead atoms. The normalized spacial score (nSPS) is 22.6. The number of anilines is 2. The maximum Gasteiger partial charge on any atom is 0.409 e. The van der Waals surface area contributed by atoms with Gasteiger partial charge in [-0.25, -0.2) is 14.2 Å². The highest BCUT2D eigenvalue weighted by molar-refractivity contribution is 7.13. The molecule has 5 aliphatic heterocycles. The number of benzene rings is 3. The molecule has 4 N–H and O–H groups in total. The molecule has 3 amide bonds. The van der Waals surface area contributed by atoms with Gasteiger partial charge < -0.3 is 54.4 Å². The van der Waals surface area contributed by atoms with Crippen molar-refractivity contribution >= 4 is 62.6 Å². The Hall–Kier alpha value is -7.53. The molecule has 0 aliphatic carbocycles. The zero-order valence-electron chi connectivity index (χ0n) is 48.3. The number of phenolic OH excluding ortho intramolecular Hbond substituents is 1. The van der Waals surface area contributed by atoms with E-state index in [1.807, 2.05) is 94.5 Å². The first-order chi connectivity index (χ1) is 40.6. The van der Waals surface area contributed by atoms with E-state index >= 15 is 4.39 Å². The van der Waals surface area contributed by atoms with Crippen molar-refractivity contribution in [2.75, 3.05) is 75.9 Å². The van der Waals surface area contributed by atoms with Crippen molar-refractivity contribution in [3.8, 4) is 33.5 Å². The van der Waals surface area contributed by atoms with Crippen LogP contribution in [0.3, 0.4) is 0 Å².